The third-order valence-corrected chi connectivity index (χ3v) is 2.99. The second-order valence-electron chi connectivity index (χ2n) is 4.39. The molecule has 1 fully saturated rings. The van der Waals surface area contributed by atoms with E-state index in [1.165, 1.54) is 12.8 Å². The number of aliphatic hydroxyl groups excluding tert-OH is 1. The highest BCUT2D eigenvalue weighted by molar-refractivity contribution is 4.79. The van der Waals surface area contributed by atoms with Crippen LogP contribution >= 0.6 is 0 Å². The molecule has 1 aliphatic rings. The van der Waals surface area contributed by atoms with Crippen LogP contribution in [0.15, 0.2) is 0 Å². The fourth-order valence-electron chi connectivity index (χ4n) is 2.15. The number of hydrogen-bond donors (Lipinski definition) is 1. The van der Waals surface area contributed by atoms with Crippen LogP contribution in [0.3, 0.4) is 0 Å². The molecule has 0 heterocycles. The maximum atomic E-state index is 9.71. The molecule has 0 spiro atoms. The summed E-state index contributed by atoms with van der Waals surface area (Å²) in [5.74, 6) is 1.95. The number of rotatable bonds is 1. The third kappa shape index (κ3) is 2.19. The predicted molar refractivity (Wildman–Crippen MR) is 47.3 cm³/mol. The molecule has 0 bridgehead atoms. The first-order valence-corrected chi connectivity index (χ1v) is 4.79. The van der Waals surface area contributed by atoms with Crippen LogP contribution < -0.4 is 0 Å². The van der Waals surface area contributed by atoms with Gasteiger partial charge in [-0.3, -0.25) is 0 Å². The zero-order valence-corrected chi connectivity index (χ0v) is 7.88. The summed E-state index contributed by atoms with van der Waals surface area (Å²) in [6.07, 6.45) is 3.52. The van der Waals surface area contributed by atoms with Gasteiger partial charge >= 0.3 is 0 Å². The Kier molecular flexibility index (Phi) is 2.94. The van der Waals surface area contributed by atoms with Crippen molar-refractivity contribution in [1.29, 1.82) is 0 Å². The summed E-state index contributed by atoms with van der Waals surface area (Å²) >= 11 is 0. The van der Waals surface area contributed by atoms with E-state index >= 15 is 0 Å². The van der Waals surface area contributed by atoms with Gasteiger partial charge in [-0.1, -0.05) is 27.2 Å². The van der Waals surface area contributed by atoms with Crippen LogP contribution in [-0.2, 0) is 0 Å². The quantitative estimate of drug-likeness (QED) is 0.618. The van der Waals surface area contributed by atoms with Gasteiger partial charge in [0.15, 0.2) is 0 Å². The Morgan fingerprint density at radius 2 is 1.91 bits per heavy atom. The molecule has 1 saturated carbocycles. The lowest BCUT2D eigenvalue weighted by Crippen LogP contribution is -2.31. The van der Waals surface area contributed by atoms with E-state index in [1.54, 1.807) is 0 Å². The first kappa shape index (κ1) is 9.05. The Morgan fingerprint density at radius 3 is 2.36 bits per heavy atom. The molecular weight excluding hydrogens is 136 g/mol. The Bertz CT molecular complexity index is 120. The van der Waals surface area contributed by atoms with Crippen molar-refractivity contribution in [3.05, 3.63) is 0 Å². The summed E-state index contributed by atoms with van der Waals surface area (Å²) in [6.45, 7) is 6.66. The molecule has 0 aliphatic heterocycles. The molecule has 1 N–H and O–H groups in total. The minimum Gasteiger partial charge on any atom is -0.393 e. The highest BCUT2D eigenvalue weighted by atomic mass is 16.3. The molecule has 0 saturated heterocycles. The maximum absolute atomic E-state index is 9.71. The van der Waals surface area contributed by atoms with Crippen molar-refractivity contribution >= 4 is 0 Å². The SMILES string of the molecule is CC1CC[C@@H](C(C)C)C(O)C1. The Morgan fingerprint density at radius 1 is 1.27 bits per heavy atom. The molecular formula is C10H20O. The van der Waals surface area contributed by atoms with Gasteiger partial charge in [-0.25, -0.2) is 0 Å². The molecule has 3 atom stereocenters. The molecule has 1 aliphatic carbocycles. The standard InChI is InChI=1S/C10H20O/c1-7(2)9-5-4-8(3)6-10(9)11/h7-11H,4-6H2,1-3H3/t8?,9-,10?/m0/s1. The van der Waals surface area contributed by atoms with Crippen molar-refractivity contribution in [3.63, 3.8) is 0 Å². The molecule has 1 rings (SSSR count). The van der Waals surface area contributed by atoms with Crippen molar-refractivity contribution in [2.24, 2.45) is 17.8 Å². The van der Waals surface area contributed by atoms with Gasteiger partial charge in [-0.2, -0.15) is 0 Å². The van der Waals surface area contributed by atoms with Gasteiger partial charge < -0.3 is 5.11 Å². The summed E-state index contributed by atoms with van der Waals surface area (Å²) in [6, 6.07) is 0. The van der Waals surface area contributed by atoms with Gasteiger partial charge in [0, 0.05) is 0 Å². The lowest BCUT2D eigenvalue weighted by molar-refractivity contribution is 0.0266. The fraction of sp³-hybridized carbons (Fsp3) is 1.00. The minimum absolute atomic E-state index is 0.0289. The van der Waals surface area contributed by atoms with Gasteiger partial charge in [0.2, 0.25) is 0 Å². The van der Waals surface area contributed by atoms with E-state index in [0.29, 0.717) is 11.8 Å². The smallest absolute Gasteiger partial charge is 0.0573 e. The first-order chi connectivity index (χ1) is 5.11. The molecule has 2 unspecified atom stereocenters. The van der Waals surface area contributed by atoms with Crippen LogP contribution in [0.5, 0.6) is 0 Å². The van der Waals surface area contributed by atoms with Crippen molar-refractivity contribution in [1.82, 2.24) is 0 Å². The zero-order chi connectivity index (χ0) is 8.43. The Balaban J connectivity index is 2.44. The van der Waals surface area contributed by atoms with Crippen LogP contribution in [0.2, 0.25) is 0 Å². The molecule has 66 valence electrons. The van der Waals surface area contributed by atoms with E-state index in [9.17, 15) is 5.11 Å². The summed E-state index contributed by atoms with van der Waals surface area (Å²) in [5, 5.41) is 9.71. The van der Waals surface area contributed by atoms with Crippen LogP contribution in [0.1, 0.15) is 40.0 Å². The van der Waals surface area contributed by atoms with Crippen molar-refractivity contribution in [2.45, 2.75) is 46.1 Å². The van der Waals surface area contributed by atoms with Crippen molar-refractivity contribution < 1.29 is 5.11 Å². The van der Waals surface area contributed by atoms with Gasteiger partial charge in [-0.05, 0) is 30.6 Å². The van der Waals surface area contributed by atoms with E-state index in [0.717, 1.165) is 12.3 Å². The highest BCUT2D eigenvalue weighted by Gasteiger charge is 2.28. The van der Waals surface area contributed by atoms with Crippen molar-refractivity contribution in [2.75, 3.05) is 0 Å². The largest absolute Gasteiger partial charge is 0.393 e. The van der Waals surface area contributed by atoms with E-state index in [1.807, 2.05) is 0 Å². The molecule has 0 aromatic heterocycles. The molecule has 0 aromatic rings. The molecule has 0 radical (unpaired) electrons. The van der Waals surface area contributed by atoms with E-state index in [2.05, 4.69) is 20.8 Å². The third-order valence-electron chi connectivity index (χ3n) is 2.99. The normalized spacial score (nSPS) is 39.5. The Labute approximate surface area is 69.8 Å². The average Bonchev–Trinajstić information content (AvgIpc) is 1.85. The zero-order valence-electron chi connectivity index (χ0n) is 7.88. The van der Waals surface area contributed by atoms with Crippen molar-refractivity contribution in [3.8, 4) is 0 Å². The van der Waals surface area contributed by atoms with Crippen LogP contribution in [0.25, 0.3) is 0 Å². The van der Waals surface area contributed by atoms with E-state index in [4.69, 9.17) is 0 Å². The van der Waals surface area contributed by atoms with Crippen LogP contribution in [0, 0.1) is 17.8 Å². The fourth-order valence-corrected chi connectivity index (χ4v) is 2.15. The molecule has 0 amide bonds. The average molecular weight is 156 g/mol. The maximum Gasteiger partial charge on any atom is 0.0573 e. The summed E-state index contributed by atoms with van der Waals surface area (Å²) in [5.41, 5.74) is 0. The van der Waals surface area contributed by atoms with Gasteiger partial charge in [0.05, 0.1) is 6.10 Å². The molecule has 1 nitrogen and oxygen atoms in total. The molecule has 1 heteroatoms. The molecule has 11 heavy (non-hydrogen) atoms. The number of hydrogen-bond acceptors (Lipinski definition) is 1. The lowest BCUT2D eigenvalue weighted by atomic mass is 9.75. The van der Waals surface area contributed by atoms with Crippen LogP contribution in [-0.4, -0.2) is 11.2 Å². The monoisotopic (exact) mass is 156 g/mol. The van der Waals surface area contributed by atoms with Gasteiger partial charge in [0.1, 0.15) is 0 Å². The molecule has 0 aromatic carbocycles. The second-order valence-corrected chi connectivity index (χ2v) is 4.39. The second kappa shape index (κ2) is 3.57. The summed E-state index contributed by atoms with van der Waals surface area (Å²) in [7, 11) is 0. The predicted octanol–water partition coefficient (Wildman–Crippen LogP) is 2.44. The van der Waals surface area contributed by atoms with E-state index < -0.39 is 0 Å². The highest BCUT2D eigenvalue weighted by Crippen LogP contribution is 2.33. The summed E-state index contributed by atoms with van der Waals surface area (Å²) in [4.78, 5) is 0. The topological polar surface area (TPSA) is 20.2 Å². The summed E-state index contributed by atoms with van der Waals surface area (Å²) < 4.78 is 0. The number of aliphatic hydroxyl groups is 1. The van der Waals surface area contributed by atoms with Gasteiger partial charge in [-0.15, -0.1) is 0 Å². The lowest BCUT2D eigenvalue weighted by Gasteiger charge is -2.33. The van der Waals surface area contributed by atoms with E-state index in [-0.39, 0.29) is 6.10 Å². The van der Waals surface area contributed by atoms with Gasteiger partial charge in [0.25, 0.3) is 0 Å². The first-order valence-electron chi connectivity index (χ1n) is 4.79. The Hall–Kier alpha value is -0.0400. The minimum atomic E-state index is -0.0289. The van der Waals surface area contributed by atoms with Crippen LogP contribution in [0.4, 0.5) is 0 Å².